The normalized spacial score (nSPS) is 18.5. The number of ether oxygens (including phenoxy) is 1. The van der Waals surface area contributed by atoms with Gasteiger partial charge in [0.15, 0.2) is 9.84 Å². The molecule has 0 radical (unpaired) electrons. The number of anilines is 2. The van der Waals surface area contributed by atoms with E-state index >= 15 is 0 Å². The van der Waals surface area contributed by atoms with E-state index in [1.54, 1.807) is 30.3 Å². The predicted octanol–water partition coefficient (Wildman–Crippen LogP) is 1.94. The minimum atomic E-state index is -2.94. The van der Waals surface area contributed by atoms with E-state index in [9.17, 15) is 13.2 Å². The molecule has 1 amide bonds. The van der Waals surface area contributed by atoms with Gasteiger partial charge in [-0.05, 0) is 30.7 Å². The van der Waals surface area contributed by atoms with Crippen LogP contribution in [-0.4, -0.2) is 44.0 Å². The molecule has 1 aliphatic rings. The fourth-order valence-electron chi connectivity index (χ4n) is 2.67. The summed E-state index contributed by atoms with van der Waals surface area (Å²) < 4.78 is 28.2. The summed E-state index contributed by atoms with van der Waals surface area (Å²) in [4.78, 5) is 16.5. The number of hydrogen-bond donors (Lipinski definition) is 2. The van der Waals surface area contributed by atoms with Gasteiger partial charge in [-0.1, -0.05) is 12.1 Å². The number of methoxy groups -OCH3 is 1. The molecule has 2 heterocycles. The molecule has 1 fully saturated rings. The van der Waals surface area contributed by atoms with Crippen molar-refractivity contribution in [2.24, 2.45) is 0 Å². The number of para-hydroxylation sites is 2. The zero-order valence-electron chi connectivity index (χ0n) is 13.7. The van der Waals surface area contributed by atoms with Crippen molar-refractivity contribution in [3.8, 4) is 5.75 Å². The number of rotatable bonds is 5. The lowest BCUT2D eigenvalue weighted by Gasteiger charge is -2.12. The number of pyridine rings is 1. The standard InChI is InChI=1S/C17H19N3O4S/c1-24-15-5-3-2-4-14(15)20-17(21)12-6-7-16(18-10-12)19-13-8-9-25(22,23)11-13/h2-7,10,13H,8-9,11H2,1H3,(H,18,19)(H,20,21). The molecule has 8 heteroatoms. The van der Waals surface area contributed by atoms with Crippen LogP contribution in [0.2, 0.25) is 0 Å². The second-order valence-electron chi connectivity index (χ2n) is 5.83. The Balaban J connectivity index is 1.64. The molecule has 1 aromatic carbocycles. The highest BCUT2D eigenvalue weighted by Gasteiger charge is 2.27. The zero-order valence-corrected chi connectivity index (χ0v) is 14.5. The van der Waals surface area contributed by atoms with Gasteiger partial charge in [0.25, 0.3) is 5.91 Å². The molecular formula is C17H19N3O4S. The first kappa shape index (κ1) is 17.2. The number of aromatic nitrogens is 1. The largest absolute Gasteiger partial charge is 0.495 e. The van der Waals surface area contributed by atoms with Crippen LogP contribution in [0.1, 0.15) is 16.8 Å². The lowest BCUT2D eigenvalue weighted by Crippen LogP contribution is -2.21. The number of sulfone groups is 1. The van der Waals surface area contributed by atoms with E-state index in [0.717, 1.165) is 0 Å². The molecule has 2 N–H and O–H groups in total. The van der Waals surface area contributed by atoms with E-state index in [0.29, 0.717) is 29.2 Å². The van der Waals surface area contributed by atoms with Gasteiger partial charge < -0.3 is 15.4 Å². The van der Waals surface area contributed by atoms with Crippen LogP contribution in [-0.2, 0) is 9.84 Å². The van der Waals surface area contributed by atoms with Crippen LogP contribution < -0.4 is 15.4 Å². The lowest BCUT2D eigenvalue weighted by molar-refractivity contribution is 0.102. The molecular weight excluding hydrogens is 342 g/mol. The van der Waals surface area contributed by atoms with Gasteiger partial charge in [0, 0.05) is 12.2 Å². The van der Waals surface area contributed by atoms with Gasteiger partial charge in [-0.15, -0.1) is 0 Å². The van der Waals surface area contributed by atoms with Crippen LogP contribution >= 0.6 is 0 Å². The van der Waals surface area contributed by atoms with Gasteiger partial charge in [-0.3, -0.25) is 4.79 Å². The number of carbonyl (C=O) groups excluding carboxylic acids is 1. The molecule has 1 aliphatic heterocycles. The smallest absolute Gasteiger partial charge is 0.257 e. The lowest BCUT2D eigenvalue weighted by atomic mass is 10.2. The van der Waals surface area contributed by atoms with Crippen LogP contribution in [0.25, 0.3) is 0 Å². The number of nitrogens with zero attached hydrogens (tertiary/aromatic N) is 1. The summed E-state index contributed by atoms with van der Waals surface area (Å²) in [5, 5.41) is 5.87. The summed E-state index contributed by atoms with van der Waals surface area (Å²) in [6.45, 7) is 0. The van der Waals surface area contributed by atoms with Crippen molar-refractivity contribution < 1.29 is 17.9 Å². The van der Waals surface area contributed by atoms with Crippen LogP contribution in [0.4, 0.5) is 11.5 Å². The molecule has 1 aromatic heterocycles. The third kappa shape index (κ3) is 4.27. The first-order valence-electron chi connectivity index (χ1n) is 7.84. The first-order chi connectivity index (χ1) is 12.0. The molecule has 1 saturated heterocycles. The molecule has 0 spiro atoms. The summed E-state index contributed by atoms with van der Waals surface area (Å²) in [6, 6.07) is 10.3. The fraction of sp³-hybridized carbons (Fsp3) is 0.294. The molecule has 132 valence electrons. The third-order valence-electron chi connectivity index (χ3n) is 3.97. The molecule has 0 bridgehead atoms. The average Bonchev–Trinajstić information content (AvgIpc) is 2.94. The maximum absolute atomic E-state index is 12.3. The van der Waals surface area contributed by atoms with Crippen LogP contribution in [0.5, 0.6) is 5.75 Å². The molecule has 0 aliphatic carbocycles. The number of benzene rings is 1. The Morgan fingerprint density at radius 1 is 1.24 bits per heavy atom. The predicted molar refractivity (Wildman–Crippen MR) is 95.9 cm³/mol. The van der Waals surface area contributed by atoms with Gasteiger partial charge in [0.1, 0.15) is 11.6 Å². The van der Waals surface area contributed by atoms with Crippen LogP contribution in [0.3, 0.4) is 0 Å². The molecule has 1 unspecified atom stereocenters. The summed E-state index contributed by atoms with van der Waals surface area (Å²) in [5.74, 6) is 1.14. The molecule has 3 rings (SSSR count). The molecule has 1 atom stereocenters. The topological polar surface area (TPSA) is 97.4 Å². The van der Waals surface area contributed by atoms with Gasteiger partial charge in [0.2, 0.25) is 0 Å². The Morgan fingerprint density at radius 2 is 2.04 bits per heavy atom. The Kier molecular flexibility index (Phi) is 4.89. The van der Waals surface area contributed by atoms with Crippen molar-refractivity contribution in [2.75, 3.05) is 29.2 Å². The minimum absolute atomic E-state index is 0.116. The minimum Gasteiger partial charge on any atom is -0.495 e. The van der Waals surface area contributed by atoms with E-state index in [-0.39, 0.29) is 23.5 Å². The number of hydrogen-bond acceptors (Lipinski definition) is 6. The number of amides is 1. The second kappa shape index (κ2) is 7.10. The van der Waals surface area contributed by atoms with Crippen molar-refractivity contribution >= 4 is 27.2 Å². The van der Waals surface area contributed by atoms with Gasteiger partial charge >= 0.3 is 0 Å². The Hall–Kier alpha value is -2.61. The van der Waals surface area contributed by atoms with E-state index < -0.39 is 9.84 Å². The van der Waals surface area contributed by atoms with Crippen molar-refractivity contribution in [2.45, 2.75) is 12.5 Å². The molecule has 7 nitrogen and oxygen atoms in total. The van der Waals surface area contributed by atoms with E-state index in [1.807, 2.05) is 6.07 Å². The van der Waals surface area contributed by atoms with Crippen molar-refractivity contribution in [3.63, 3.8) is 0 Å². The highest BCUT2D eigenvalue weighted by atomic mass is 32.2. The summed E-state index contributed by atoms with van der Waals surface area (Å²) in [5.41, 5.74) is 0.976. The van der Waals surface area contributed by atoms with E-state index in [4.69, 9.17) is 4.74 Å². The highest BCUT2D eigenvalue weighted by Crippen LogP contribution is 2.23. The van der Waals surface area contributed by atoms with Crippen molar-refractivity contribution in [1.82, 2.24) is 4.98 Å². The fourth-order valence-corrected chi connectivity index (χ4v) is 4.35. The summed E-state index contributed by atoms with van der Waals surface area (Å²) in [7, 11) is -1.41. The van der Waals surface area contributed by atoms with Crippen molar-refractivity contribution in [3.05, 3.63) is 48.2 Å². The molecule has 2 aromatic rings. The van der Waals surface area contributed by atoms with E-state index in [2.05, 4.69) is 15.6 Å². The van der Waals surface area contributed by atoms with Gasteiger partial charge in [-0.25, -0.2) is 13.4 Å². The van der Waals surface area contributed by atoms with Gasteiger partial charge in [-0.2, -0.15) is 0 Å². The number of carbonyl (C=O) groups is 1. The second-order valence-corrected chi connectivity index (χ2v) is 8.06. The van der Waals surface area contributed by atoms with E-state index in [1.165, 1.54) is 13.3 Å². The third-order valence-corrected chi connectivity index (χ3v) is 5.73. The highest BCUT2D eigenvalue weighted by molar-refractivity contribution is 7.91. The SMILES string of the molecule is COc1ccccc1NC(=O)c1ccc(NC2CCS(=O)(=O)C2)nc1. The van der Waals surface area contributed by atoms with Gasteiger partial charge in [0.05, 0.1) is 29.9 Å². The zero-order chi connectivity index (χ0) is 17.9. The number of nitrogens with one attached hydrogen (secondary N) is 2. The molecule has 25 heavy (non-hydrogen) atoms. The maximum atomic E-state index is 12.3. The Bertz CT molecular complexity index is 866. The molecule has 0 saturated carbocycles. The van der Waals surface area contributed by atoms with Crippen LogP contribution in [0, 0.1) is 0 Å². The first-order valence-corrected chi connectivity index (χ1v) is 9.66. The van der Waals surface area contributed by atoms with Crippen LogP contribution in [0.15, 0.2) is 42.6 Å². The summed E-state index contributed by atoms with van der Waals surface area (Å²) >= 11 is 0. The Morgan fingerprint density at radius 3 is 2.68 bits per heavy atom. The quantitative estimate of drug-likeness (QED) is 0.845. The van der Waals surface area contributed by atoms with Crippen molar-refractivity contribution in [1.29, 1.82) is 0 Å². The monoisotopic (exact) mass is 361 g/mol. The summed E-state index contributed by atoms with van der Waals surface area (Å²) in [6.07, 6.45) is 2.02. The maximum Gasteiger partial charge on any atom is 0.257 e. The Labute approximate surface area is 146 Å². The average molecular weight is 361 g/mol.